The van der Waals surface area contributed by atoms with E-state index in [0.717, 1.165) is 32.4 Å². The van der Waals surface area contributed by atoms with Crippen LogP contribution < -0.4 is 5.32 Å². The summed E-state index contributed by atoms with van der Waals surface area (Å²) >= 11 is 0. The van der Waals surface area contributed by atoms with Crippen LogP contribution in [0.4, 0.5) is 0 Å². The topological polar surface area (TPSA) is 29.1 Å². The summed E-state index contributed by atoms with van der Waals surface area (Å²) in [4.78, 5) is 12.7. The summed E-state index contributed by atoms with van der Waals surface area (Å²) in [5.41, 5.74) is 3.59. The maximum atomic E-state index is 12.7. The molecule has 1 aliphatic heterocycles. The van der Waals surface area contributed by atoms with Crippen molar-refractivity contribution in [1.82, 2.24) is 5.32 Å². The van der Waals surface area contributed by atoms with Gasteiger partial charge in [0.15, 0.2) is 0 Å². The molecule has 0 bridgehead atoms. The van der Waals surface area contributed by atoms with Crippen LogP contribution in [-0.2, 0) is 11.2 Å². The van der Waals surface area contributed by atoms with Crippen LogP contribution in [0, 0.1) is 19.3 Å². The van der Waals surface area contributed by atoms with Crippen molar-refractivity contribution in [3.63, 3.8) is 0 Å². The monoisotopic (exact) mass is 259 g/mol. The van der Waals surface area contributed by atoms with E-state index in [1.54, 1.807) is 0 Å². The number of piperidine rings is 1. The van der Waals surface area contributed by atoms with Crippen LogP contribution in [0.3, 0.4) is 0 Å². The molecule has 2 heteroatoms. The highest BCUT2D eigenvalue weighted by atomic mass is 16.1. The van der Waals surface area contributed by atoms with E-state index in [1.807, 2.05) is 0 Å². The molecule has 0 aromatic heterocycles. The van der Waals surface area contributed by atoms with E-state index in [4.69, 9.17) is 0 Å². The number of benzene rings is 1. The summed E-state index contributed by atoms with van der Waals surface area (Å²) in [6.07, 6.45) is 3.55. The Bertz CT molecular complexity index is 438. The predicted octanol–water partition coefficient (Wildman–Crippen LogP) is 3.19. The second-order valence-electron chi connectivity index (χ2n) is 5.98. The van der Waals surface area contributed by atoms with Gasteiger partial charge in [0.2, 0.25) is 0 Å². The van der Waals surface area contributed by atoms with Gasteiger partial charge in [-0.05, 0) is 51.8 Å². The predicted molar refractivity (Wildman–Crippen MR) is 79.5 cm³/mol. The molecule has 1 fully saturated rings. The van der Waals surface area contributed by atoms with Crippen LogP contribution in [0.25, 0.3) is 0 Å². The smallest absolute Gasteiger partial charge is 0.143 e. The Balaban J connectivity index is 2.14. The lowest BCUT2D eigenvalue weighted by molar-refractivity contribution is -0.129. The van der Waals surface area contributed by atoms with Crippen LogP contribution in [0.2, 0.25) is 0 Å². The van der Waals surface area contributed by atoms with Crippen LogP contribution in [0.15, 0.2) is 18.2 Å². The highest BCUT2D eigenvalue weighted by molar-refractivity contribution is 5.87. The number of carbonyl (C=O) groups excluding carboxylic acids is 1. The third kappa shape index (κ3) is 3.24. The van der Waals surface area contributed by atoms with Crippen LogP contribution in [-0.4, -0.2) is 18.9 Å². The maximum absolute atomic E-state index is 12.7. The van der Waals surface area contributed by atoms with Gasteiger partial charge < -0.3 is 5.32 Å². The molecule has 0 spiro atoms. The first-order valence-corrected chi connectivity index (χ1v) is 7.37. The first-order valence-electron chi connectivity index (χ1n) is 7.37. The van der Waals surface area contributed by atoms with Gasteiger partial charge in [-0.25, -0.2) is 0 Å². The second-order valence-corrected chi connectivity index (χ2v) is 5.98. The summed E-state index contributed by atoms with van der Waals surface area (Å²) in [6, 6.07) is 6.46. The molecule has 1 aromatic carbocycles. The zero-order valence-electron chi connectivity index (χ0n) is 12.4. The van der Waals surface area contributed by atoms with Crippen molar-refractivity contribution >= 4 is 5.78 Å². The average molecular weight is 259 g/mol. The van der Waals surface area contributed by atoms with Crippen molar-refractivity contribution in [3.8, 4) is 0 Å². The van der Waals surface area contributed by atoms with Crippen molar-refractivity contribution in [1.29, 1.82) is 0 Å². The van der Waals surface area contributed by atoms with Crippen LogP contribution >= 0.6 is 0 Å². The lowest BCUT2D eigenvalue weighted by Crippen LogP contribution is -2.42. The van der Waals surface area contributed by atoms with Crippen molar-refractivity contribution in [2.75, 3.05) is 13.1 Å². The first-order chi connectivity index (χ1) is 9.05. The summed E-state index contributed by atoms with van der Waals surface area (Å²) < 4.78 is 0. The zero-order valence-corrected chi connectivity index (χ0v) is 12.4. The standard InChI is InChI=1S/C17H25NO/c1-4-17(5-7-18-8-6-17)16(19)12-15-10-13(2)9-14(3)11-15/h9-11,18H,4-8,12H2,1-3H3. The molecule has 0 amide bonds. The number of nitrogens with one attached hydrogen (secondary N) is 1. The number of hydrogen-bond acceptors (Lipinski definition) is 2. The van der Waals surface area contributed by atoms with Crippen LogP contribution in [0.5, 0.6) is 0 Å². The lowest BCUT2D eigenvalue weighted by Gasteiger charge is -2.35. The molecule has 0 atom stereocenters. The van der Waals surface area contributed by atoms with Crippen molar-refractivity contribution < 1.29 is 4.79 Å². The van der Waals surface area contributed by atoms with Gasteiger partial charge in [-0.3, -0.25) is 4.79 Å². The normalized spacial score (nSPS) is 18.3. The Hall–Kier alpha value is -1.15. The molecule has 2 rings (SSSR count). The van der Waals surface area contributed by atoms with Gasteiger partial charge in [0.25, 0.3) is 0 Å². The maximum Gasteiger partial charge on any atom is 0.143 e. The number of hydrogen-bond donors (Lipinski definition) is 1. The number of ketones is 1. The van der Waals surface area contributed by atoms with E-state index >= 15 is 0 Å². The van der Waals surface area contributed by atoms with Gasteiger partial charge in [0, 0.05) is 11.8 Å². The van der Waals surface area contributed by atoms with Gasteiger partial charge in [-0.2, -0.15) is 0 Å². The zero-order chi connectivity index (χ0) is 13.9. The number of carbonyl (C=O) groups is 1. The van der Waals surface area contributed by atoms with Gasteiger partial charge in [-0.1, -0.05) is 36.2 Å². The second kappa shape index (κ2) is 5.87. The molecular weight excluding hydrogens is 234 g/mol. The Morgan fingerprint density at radius 3 is 2.26 bits per heavy atom. The van der Waals surface area contributed by atoms with Gasteiger partial charge in [-0.15, -0.1) is 0 Å². The van der Waals surface area contributed by atoms with Crippen LogP contribution in [0.1, 0.15) is 42.9 Å². The first kappa shape index (κ1) is 14.3. The highest BCUT2D eigenvalue weighted by Crippen LogP contribution is 2.34. The van der Waals surface area contributed by atoms with Gasteiger partial charge in [0.05, 0.1) is 0 Å². The van der Waals surface area contributed by atoms with Gasteiger partial charge in [0.1, 0.15) is 5.78 Å². The Morgan fingerprint density at radius 2 is 1.74 bits per heavy atom. The summed E-state index contributed by atoms with van der Waals surface area (Å²) in [6.45, 7) is 8.31. The molecule has 1 heterocycles. The van der Waals surface area contributed by atoms with E-state index in [-0.39, 0.29) is 5.41 Å². The minimum Gasteiger partial charge on any atom is -0.317 e. The van der Waals surface area contributed by atoms with Crippen molar-refractivity contribution in [3.05, 3.63) is 34.9 Å². The van der Waals surface area contributed by atoms with E-state index < -0.39 is 0 Å². The largest absolute Gasteiger partial charge is 0.317 e. The summed E-state index contributed by atoms with van der Waals surface area (Å²) in [5.74, 6) is 0.432. The van der Waals surface area contributed by atoms with E-state index in [0.29, 0.717) is 12.2 Å². The van der Waals surface area contributed by atoms with E-state index in [1.165, 1.54) is 16.7 Å². The molecule has 0 unspecified atom stereocenters. The fraction of sp³-hybridized carbons (Fsp3) is 0.588. The molecule has 0 saturated carbocycles. The summed E-state index contributed by atoms with van der Waals surface area (Å²) in [5, 5.41) is 3.36. The molecule has 0 aliphatic carbocycles. The summed E-state index contributed by atoms with van der Waals surface area (Å²) in [7, 11) is 0. The average Bonchev–Trinajstić information content (AvgIpc) is 2.38. The minimum atomic E-state index is -0.0805. The fourth-order valence-corrected chi connectivity index (χ4v) is 3.28. The molecule has 1 saturated heterocycles. The van der Waals surface area contributed by atoms with Crippen molar-refractivity contribution in [2.45, 2.75) is 46.5 Å². The Kier molecular flexibility index (Phi) is 4.41. The molecule has 104 valence electrons. The molecular formula is C17H25NO. The Labute approximate surface area is 116 Å². The third-order valence-corrected chi connectivity index (χ3v) is 4.48. The minimum absolute atomic E-state index is 0.0805. The number of aryl methyl sites for hydroxylation is 2. The lowest BCUT2D eigenvalue weighted by atomic mass is 9.71. The third-order valence-electron chi connectivity index (χ3n) is 4.48. The highest BCUT2D eigenvalue weighted by Gasteiger charge is 2.36. The fourth-order valence-electron chi connectivity index (χ4n) is 3.28. The van der Waals surface area contributed by atoms with Crippen molar-refractivity contribution in [2.24, 2.45) is 5.41 Å². The number of rotatable bonds is 4. The SMILES string of the molecule is CCC1(C(=O)Cc2cc(C)cc(C)c2)CCNCC1. The van der Waals surface area contributed by atoms with E-state index in [2.05, 4.69) is 44.3 Å². The van der Waals surface area contributed by atoms with E-state index in [9.17, 15) is 4.79 Å². The Morgan fingerprint density at radius 1 is 1.16 bits per heavy atom. The quantitative estimate of drug-likeness (QED) is 0.899. The molecule has 0 radical (unpaired) electrons. The molecule has 1 N–H and O–H groups in total. The number of Topliss-reactive ketones (excluding diaryl/α,β-unsaturated/α-hetero) is 1. The molecule has 2 nitrogen and oxygen atoms in total. The molecule has 1 aromatic rings. The molecule has 1 aliphatic rings. The van der Waals surface area contributed by atoms with Gasteiger partial charge >= 0.3 is 0 Å². The molecule has 19 heavy (non-hydrogen) atoms.